The van der Waals surface area contributed by atoms with Crippen molar-refractivity contribution in [2.75, 3.05) is 5.73 Å². The van der Waals surface area contributed by atoms with Gasteiger partial charge in [-0.25, -0.2) is 9.97 Å². The van der Waals surface area contributed by atoms with Crippen LogP contribution in [0.2, 0.25) is 0 Å². The minimum absolute atomic E-state index is 0.640. The second kappa shape index (κ2) is 3.55. The Kier molecular flexibility index (Phi) is 2.04. The Morgan fingerprint density at radius 3 is 2.88 bits per heavy atom. The van der Waals surface area contributed by atoms with E-state index in [0.29, 0.717) is 5.69 Å². The van der Waals surface area contributed by atoms with E-state index >= 15 is 0 Å². The van der Waals surface area contributed by atoms with Crippen molar-refractivity contribution < 1.29 is 0 Å². The molecular formula is C12H11N5. The van der Waals surface area contributed by atoms with Crippen LogP contribution in [-0.2, 0) is 0 Å². The molecule has 0 saturated carbocycles. The van der Waals surface area contributed by atoms with Crippen LogP contribution in [0.25, 0.3) is 16.9 Å². The summed E-state index contributed by atoms with van der Waals surface area (Å²) in [6.45, 7) is 1.93. The molecule has 5 heteroatoms. The van der Waals surface area contributed by atoms with Gasteiger partial charge in [-0.05, 0) is 25.1 Å². The zero-order valence-corrected chi connectivity index (χ0v) is 9.33. The first-order valence-corrected chi connectivity index (χ1v) is 5.28. The van der Waals surface area contributed by atoms with Gasteiger partial charge in [0.25, 0.3) is 0 Å². The van der Waals surface area contributed by atoms with Gasteiger partial charge in [0.15, 0.2) is 11.5 Å². The lowest BCUT2D eigenvalue weighted by atomic mass is 10.2. The molecule has 3 heterocycles. The molecule has 0 saturated heterocycles. The van der Waals surface area contributed by atoms with Crippen molar-refractivity contribution in [3.8, 4) is 5.82 Å². The fourth-order valence-corrected chi connectivity index (χ4v) is 1.80. The summed E-state index contributed by atoms with van der Waals surface area (Å²) in [6, 6.07) is 7.56. The van der Waals surface area contributed by atoms with E-state index in [4.69, 9.17) is 5.73 Å². The number of nitrogens with zero attached hydrogens (tertiary/aromatic N) is 4. The number of hydrogen-bond donors (Lipinski definition) is 1. The van der Waals surface area contributed by atoms with Gasteiger partial charge in [0.1, 0.15) is 0 Å². The number of pyridine rings is 2. The Labute approximate surface area is 97.9 Å². The van der Waals surface area contributed by atoms with Gasteiger partial charge in [0.2, 0.25) is 0 Å². The summed E-state index contributed by atoms with van der Waals surface area (Å²) in [6.07, 6.45) is 3.36. The van der Waals surface area contributed by atoms with Gasteiger partial charge in [-0.2, -0.15) is 9.78 Å². The highest BCUT2D eigenvalue weighted by atomic mass is 15.3. The number of aromatic nitrogens is 4. The van der Waals surface area contributed by atoms with Gasteiger partial charge in [-0.3, -0.25) is 0 Å². The predicted molar refractivity (Wildman–Crippen MR) is 65.8 cm³/mol. The summed E-state index contributed by atoms with van der Waals surface area (Å²) in [5.74, 6) is 0.753. The zero-order chi connectivity index (χ0) is 11.8. The first-order valence-electron chi connectivity index (χ1n) is 5.28. The van der Waals surface area contributed by atoms with Crippen LogP contribution in [0.5, 0.6) is 0 Å². The van der Waals surface area contributed by atoms with Crippen LogP contribution >= 0.6 is 0 Å². The summed E-state index contributed by atoms with van der Waals surface area (Å²) in [5.41, 5.74) is 8.03. The van der Waals surface area contributed by atoms with Crippen molar-refractivity contribution in [3.05, 3.63) is 42.4 Å². The second-order valence-corrected chi connectivity index (χ2v) is 3.82. The Bertz CT molecular complexity index is 672. The molecule has 3 rings (SSSR count). The molecule has 0 atom stereocenters. The van der Waals surface area contributed by atoms with Gasteiger partial charge in [0, 0.05) is 11.6 Å². The number of nitrogens with two attached hydrogens (primary N) is 1. The van der Waals surface area contributed by atoms with Crippen molar-refractivity contribution in [2.45, 2.75) is 6.92 Å². The Morgan fingerprint density at radius 2 is 2.12 bits per heavy atom. The summed E-state index contributed by atoms with van der Waals surface area (Å²) >= 11 is 0. The fourth-order valence-electron chi connectivity index (χ4n) is 1.80. The van der Waals surface area contributed by atoms with E-state index < -0.39 is 0 Å². The standard InChI is InChI=1S/C12H11N5/c1-8-10-6-9(13)7-15-12(10)17(16-8)11-4-2-3-5-14-11/h2-7H,13H2,1H3. The number of aryl methyl sites for hydroxylation is 1. The molecule has 0 fully saturated rings. The van der Waals surface area contributed by atoms with Gasteiger partial charge in [-0.1, -0.05) is 6.07 Å². The lowest BCUT2D eigenvalue weighted by Gasteiger charge is -2.00. The molecule has 0 amide bonds. The largest absolute Gasteiger partial charge is 0.397 e. The van der Waals surface area contributed by atoms with Crippen molar-refractivity contribution in [1.82, 2.24) is 19.7 Å². The smallest absolute Gasteiger partial charge is 0.165 e. The van der Waals surface area contributed by atoms with Crippen molar-refractivity contribution in [3.63, 3.8) is 0 Å². The lowest BCUT2D eigenvalue weighted by molar-refractivity contribution is 0.847. The topological polar surface area (TPSA) is 69.6 Å². The molecule has 3 aromatic rings. The van der Waals surface area contributed by atoms with Crippen molar-refractivity contribution in [1.29, 1.82) is 0 Å². The minimum atomic E-state index is 0.640. The highest BCUT2D eigenvalue weighted by molar-refractivity contribution is 5.82. The van der Waals surface area contributed by atoms with E-state index in [1.807, 2.05) is 31.2 Å². The highest BCUT2D eigenvalue weighted by Gasteiger charge is 2.10. The first kappa shape index (κ1) is 9.77. The van der Waals surface area contributed by atoms with E-state index in [1.165, 1.54) is 0 Å². The van der Waals surface area contributed by atoms with Gasteiger partial charge in [0.05, 0.1) is 17.6 Å². The van der Waals surface area contributed by atoms with E-state index in [-0.39, 0.29) is 0 Å². The average molecular weight is 225 g/mol. The third-order valence-electron chi connectivity index (χ3n) is 2.59. The number of fused-ring (bicyclic) bond motifs is 1. The summed E-state index contributed by atoms with van der Waals surface area (Å²) < 4.78 is 1.73. The van der Waals surface area contributed by atoms with E-state index in [2.05, 4.69) is 15.1 Å². The lowest BCUT2D eigenvalue weighted by Crippen LogP contribution is -2.00. The van der Waals surface area contributed by atoms with Crippen LogP contribution in [0, 0.1) is 6.92 Å². The van der Waals surface area contributed by atoms with Crippen molar-refractivity contribution >= 4 is 16.7 Å². The van der Waals surface area contributed by atoms with E-state index in [1.54, 1.807) is 17.1 Å². The van der Waals surface area contributed by atoms with Crippen LogP contribution in [0.3, 0.4) is 0 Å². The fraction of sp³-hybridized carbons (Fsp3) is 0.0833. The molecule has 0 unspecified atom stereocenters. The quantitative estimate of drug-likeness (QED) is 0.684. The molecule has 2 N–H and O–H groups in total. The van der Waals surface area contributed by atoms with Crippen LogP contribution in [0.15, 0.2) is 36.7 Å². The monoisotopic (exact) mass is 225 g/mol. The van der Waals surface area contributed by atoms with Crippen LogP contribution < -0.4 is 5.73 Å². The maximum absolute atomic E-state index is 5.73. The maximum atomic E-state index is 5.73. The third-order valence-corrected chi connectivity index (χ3v) is 2.59. The Balaban J connectivity index is 2.32. The van der Waals surface area contributed by atoms with E-state index in [9.17, 15) is 0 Å². The second-order valence-electron chi connectivity index (χ2n) is 3.82. The number of anilines is 1. The molecule has 17 heavy (non-hydrogen) atoms. The molecule has 5 nitrogen and oxygen atoms in total. The molecule has 0 spiro atoms. The highest BCUT2D eigenvalue weighted by Crippen LogP contribution is 2.20. The molecule has 0 aliphatic rings. The molecular weight excluding hydrogens is 214 g/mol. The zero-order valence-electron chi connectivity index (χ0n) is 9.33. The summed E-state index contributed by atoms with van der Waals surface area (Å²) in [7, 11) is 0. The predicted octanol–water partition coefficient (Wildman–Crippen LogP) is 1.71. The summed E-state index contributed by atoms with van der Waals surface area (Å²) in [5, 5.41) is 5.39. The summed E-state index contributed by atoms with van der Waals surface area (Å²) in [4.78, 5) is 8.58. The van der Waals surface area contributed by atoms with Crippen LogP contribution in [0.1, 0.15) is 5.69 Å². The molecule has 0 bridgehead atoms. The normalized spacial score (nSPS) is 10.9. The van der Waals surface area contributed by atoms with Crippen LogP contribution in [-0.4, -0.2) is 19.7 Å². The Morgan fingerprint density at radius 1 is 1.24 bits per heavy atom. The average Bonchev–Trinajstić information content (AvgIpc) is 2.68. The van der Waals surface area contributed by atoms with Gasteiger partial charge >= 0.3 is 0 Å². The Hall–Kier alpha value is -2.43. The van der Waals surface area contributed by atoms with Gasteiger partial charge < -0.3 is 5.73 Å². The maximum Gasteiger partial charge on any atom is 0.165 e. The molecule has 3 aromatic heterocycles. The minimum Gasteiger partial charge on any atom is -0.397 e. The number of nitrogen functional groups attached to an aromatic ring is 1. The van der Waals surface area contributed by atoms with Crippen LogP contribution in [0.4, 0.5) is 5.69 Å². The SMILES string of the molecule is Cc1nn(-c2ccccn2)c2ncc(N)cc12. The molecule has 0 aromatic carbocycles. The molecule has 0 aliphatic carbocycles. The first-order chi connectivity index (χ1) is 8.25. The molecule has 84 valence electrons. The number of hydrogen-bond acceptors (Lipinski definition) is 4. The third kappa shape index (κ3) is 1.52. The molecule has 0 aliphatic heterocycles. The molecule has 0 radical (unpaired) electrons. The number of rotatable bonds is 1. The van der Waals surface area contributed by atoms with E-state index in [0.717, 1.165) is 22.5 Å². The van der Waals surface area contributed by atoms with Crippen molar-refractivity contribution in [2.24, 2.45) is 0 Å². The van der Waals surface area contributed by atoms with Gasteiger partial charge in [-0.15, -0.1) is 0 Å².